The molecule has 3 aromatic carbocycles. The van der Waals surface area contributed by atoms with Gasteiger partial charge in [0.1, 0.15) is 10.8 Å². The van der Waals surface area contributed by atoms with Gasteiger partial charge in [-0.1, -0.05) is 49.2 Å². The van der Waals surface area contributed by atoms with E-state index in [0.717, 1.165) is 75.1 Å². The topological polar surface area (TPSA) is 50.7 Å². The van der Waals surface area contributed by atoms with Crippen LogP contribution in [0.4, 0.5) is 10.7 Å². The average molecular weight is 497 g/mol. The highest BCUT2D eigenvalue weighted by Gasteiger charge is 2.24. The van der Waals surface area contributed by atoms with E-state index < -0.39 is 0 Å². The Hall–Kier alpha value is -3.44. The smallest absolute Gasteiger partial charge is 0.259 e. The second-order valence-electron chi connectivity index (χ2n) is 9.46. The van der Waals surface area contributed by atoms with Crippen LogP contribution in [0.2, 0.25) is 0 Å². The number of aliphatic imine (C=N–C) groups is 1. The first kappa shape index (κ1) is 24.3. The summed E-state index contributed by atoms with van der Waals surface area (Å²) in [5.41, 5.74) is 6.06. The van der Waals surface area contributed by atoms with E-state index in [0.29, 0.717) is 0 Å². The standard InChI is InChI=1S/C31H32N2O2S/c1-20-11-10-15-26(21(20)2)33-30(34)29-25-14-6-4-5-7-16-28(25)36-31(29)32-19-22-17-18-27(35-3)24-13-9-8-12-23(22)24/h8-13,15,17-19H,4-7,14,16H2,1-3H3,(H,33,34). The number of carbonyl (C=O) groups is 1. The van der Waals surface area contributed by atoms with Gasteiger partial charge in [0, 0.05) is 27.7 Å². The zero-order valence-corrected chi connectivity index (χ0v) is 22.0. The van der Waals surface area contributed by atoms with Gasteiger partial charge in [0.15, 0.2) is 0 Å². The number of fused-ring (bicyclic) bond motifs is 2. The number of benzene rings is 3. The van der Waals surface area contributed by atoms with Crippen molar-refractivity contribution in [3.05, 3.63) is 87.3 Å². The summed E-state index contributed by atoms with van der Waals surface area (Å²) in [6.45, 7) is 4.12. The SMILES string of the molecule is COc1ccc(C=Nc2sc3c(c2C(=O)Nc2cccc(C)c2C)CCCCCC3)c2ccccc12. The molecule has 0 radical (unpaired) electrons. The number of amides is 1. The lowest BCUT2D eigenvalue weighted by atomic mass is 9.96. The van der Waals surface area contributed by atoms with Gasteiger partial charge in [0.25, 0.3) is 5.91 Å². The molecule has 0 aliphatic heterocycles. The highest BCUT2D eigenvalue weighted by molar-refractivity contribution is 7.16. The van der Waals surface area contributed by atoms with Crippen LogP contribution in [0.5, 0.6) is 5.75 Å². The van der Waals surface area contributed by atoms with Crippen molar-refractivity contribution in [1.29, 1.82) is 0 Å². The molecule has 4 aromatic rings. The highest BCUT2D eigenvalue weighted by Crippen LogP contribution is 2.40. The summed E-state index contributed by atoms with van der Waals surface area (Å²) in [5.74, 6) is 0.781. The predicted molar refractivity (Wildman–Crippen MR) is 152 cm³/mol. The van der Waals surface area contributed by atoms with Crippen LogP contribution in [0, 0.1) is 13.8 Å². The van der Waals surface area contributed by atoms with Gasteiger partial charge >= 0.3 is 0 Å². The van der Waals surface area contributed by atoms with Crippen molar-refractivity contribution in [2.75, 3.05) is 12.4 Å². The van der Waals surface area contributed by atoms with E-state index in [-0.39, 0.29) is 5.91 Å². The van der Waals surface area contributed by atoms with Gasteiger partial charge in [-0.05, 0) is 79.8 Å². The molecule has 4 nitrogen and oxygen atoms in total. The average Bonchev–Trinajstić information content (AvgIpc) is 3.21. The van der Waals surface area contributed by atoms with Gasteiger partial charge in [-0.25, -0.2) is 4.99 Å². The molecule has 1 N–H and O–H groups in total. The number of hydrogen-bond donors (Lipinski definition) is 1. The molecule has 0 bridgehead atoms. The molecule has 1 amide bonds. The number of carbonyl (C=O) groups excluding carboxylic acids is 1. The van der Waals surface area contributed by atoms with Gasteiger partial charge in [-0.2, -0.15) is 0 Å². The number of ether oxygens (including phenoxy) is 1. The Morgan fingerprint density at radius 3 is 2.53 bits per heavy atom. The Labute approximate surface area is 217 Å². The van der Waals surface area contributed by atoms with E-state index >= 15 is 0 Å². The lowest BCUT2D eigenvalue weighted by Gasteiger charge is -2.13. The molecule has 0 saturated carbocycles. The first-order chi connectivity index (χ1) is 17.6. The molecule has 36 heavy (non-hydrogen) atoms. The summed E-state index contributed by atoms with van der Waals surface area (Å²) >= 11 is 1.68. The first-order valence-electron chi connectivity index (χ1n) is 12.7. The van der Waals surface area contributed by atoms with Crippen molar-refractivity contribution in [3.63, 3.8) is 0 Å². The number of anilines is 1. The van der Waals surface area contributed by atoms with Gasteiger partial charge in [-0.3, -0.25) is 4.79 Å². The molecule has 0 spiro atoms. The number of nitrogens with one attached hydrogen (secondary N) is 1. The van der Waals surface area contributed by atoms with Crippen molar-refractivity contribution in [2.24, 2.45) is 4.99 Å². The summed E-state index contributed by atoms with van der Waals surface area (Å²) in [7, 11) is 1.69. The maximum atomic E-state index is 13.7. The maximum Gasteiger partial charge on any atom is 0.259 e. The van der Waals surface area contributed by atoms with Crippen molar-refractivity contribution in [3.8, 4) is 5.75 Å². The van der Waals surface area contributed by atoms with Crippen LogP contribution in [0.3, 0.4) is 0 Å². The quantitative estimate of drug-likeness (QED) is 0.283. The van der Waals surface area contributed by atoms with Crippen LogP contribution in [0.15, 0.2) is 59.6 Å². The number of rotatable bonds is 5. The molecule has 0 saturated heterocycles. The number of methoxy groups -OCH3 is 1. The molecule has 0 atom stereocenters. The van der Waals surface area contributed by atoms with Crippen LogP contribution in [-0.2, 0) is 12.8 Å². The highest BCUT2D eigenvalue weighted by atomic mass is 32.1. The van der Waals surface area contributed by atoms with Crippen LogP contribution >= 0.6 is 11.3 Å². The molecule has 0 unspecified atom stereocenters. The van der Waals surface area contributed by atoms with Crippen LogP contribution in [0.1, 0.15) is 63.2 Å². The molecular weight excluding hydrogens is 464 g/mol. The van der Waals surface area contributed by atoms with E-state index in [2.05, 4.69) is 37.4 Å². The number of nitrogens with zero attached hydrogens (tertiary/aromatic N) is 1. The molecule has 1 aromatic heterocycles. The summed E-state index contributed by atoms with van der Waals surface area (Å²) in [6, 6.07) is 18.2. The van der Waals surface area contributed by atoms with Gasteiger partial charge < -0.3 is 10.1 Å². The van der Waals surface area contributed by atoms with Crippen molar-refractivity contribution in [1.82, 2.24) is 0 Å². The van der Waals surface area contributed by atoms with Crippen molar-refractivity contribution in [2.45, 2.75) is 52.4 Å². The third-order valence-electron chi connectivity index (χ3n) is 7.19. The van der Waals surface area contributed by atoms with Crippen LogP contribution in [0.25, 0.3) is 10.8 Å². The molecule has 5 heteroatoms. The van der Waals surface area contributed by atoms with Crippen LogP contribution in [-0.4, -0.2) is 19.2 Å². The fourth-order valence-corrected chi connectivity index (χ4v) is 6.25. The Kier molecular flexibility index (Phi) is 7.19. The van der Waals surface area contributed by atoms with Gasteiger partial charge in [0.05, 0.1) is 12.7 Å². The molecule has 0 fully saturated rings. The summed E-state index contributed by atoms with van der Waals surface area (Å²) < 4.78 is 5.55. The molecule has 1 heterocycles. The third kappa shape index (κ3) is 4.80. The Morgan fingerprint density at radius 1 is 0.944 bits per heavy atom. The van der Waals surface area contributed by atoms with E-state index in [9.17, 15) is 4.79 Å². The fraction of sp³-hybridized carbons (Fsp3) is 0.290. The number of hydrogen-bond acceptors (Lipinski definition) is 4. The largest absolute Gasteiger partial charge is 0.496 e. The zero-order chi connectivity index (χ0) is 25.1. The minimum absolute atomic E-state index is 0.0616. The third-order valence-corrected chi connectivity index (χ3v) is 8.39. The second kappa shape index (κ2) is 10.7. The van der Waals surface area contributed by atoms with Crippen molar-refractivity contribution >= 4 is 44.9 Å². The minimum Gasteiger partial charge on any atom is -0.496 e. The Morgan fingerprint density at radius 2 is 1.72 bits per heavy atom. The van der Waals surface area contributed by atoms with Crippen LogP contribution < -0.4 is 10.1 Å². The summed E-state index contributed by atoms with van der Waals surface area (Å²) in [4.78, 5) is 20.0. The van der Waals surface area contributed by atoms with Crippen molar-refractivity contribution < 1.29 is 9.53 Å². The summed E-state index contributed by atoms with van der Waals surface area (Å²) in [6.07, 6.45) is 8.59. The number of aryl methyl sites for hydroxylation is 2. The zero-order valence-electron chi connectivity index (χ0n) is 21.2. The lowest BCUT2D eigenvalue weighted by molar-refractivity contribution is 0.102. The van der Waals surface area contributed by atoms with E-state index in [4.69, 9.17) is 9.73 Å². The number of thiophene rings is 1. The van der Waals surface area contributed by atoms with E-state index in [1.54, 1.807) is 18.4 Å². The minimum atomic E-state index is -0.0616. The Balaban J connectivity index is 1.57. The predicted octanol–water partition coefficient (Wildman–Crippen LogP) is 8.19. The molecular formula is C31H32N2O2S. The van der Waals surface area contributed by atoms with Gasteiger partial charge in [-0.15, -0.1) is 11.3 Å². The first-order valence-corrected chi connectivity index (χ1v) is 13.5. The molecule has 1 aliphatic carbocycles. The molecule has 184 valence electrons. The van der Waals surface area contributed by atoms with E-state index in [1.807, 2.05) is 42.6 Å². The second-order valence-corrected chi connectivity index (χ2v) is 10.5. The maximum absolute atomic E-state index is 13.7. The van der Waals surface area contributed by atoms with E-state index in [1.165, 1.54) is 23.3 Å². The molecule has 5 rings (SSSR count). The Bertz CT molecular complexity index is 1450. The summed E-state index contributed by atoms with van der Waals surface area (Å²) in [5, 5.41) is 6.13. The monoisotopic (exact) mass is 496 g/mol. The fourth-order valence-electron chi connectivity index (χ4n) is 5.01. The lowest BCUT2D eigenvalue weighted by Crippen LogP contribution is -2.15. The van der Waals surface area contributed by atoms with Gasteiger partial charge in [0.2, 0.25) is 0 Å². The molecule has 1 aliphatic rings. The normalized spacial score (nSPS) is 13.9.